The van der Waals surface area contributed by atoms with E-state index in [-0.39, 0.29) is 0 Å². The van der Waals surface area contributed by atoms with Crippen molar-refractivity contribution in [1.82, 2.24) is 0 Å². The fraction of sp³-hybridized carbons (Fsp3) is 0. The summed E-state index contributed by atoms with van der Waals surface area (Å²) in [5.41, 5.74) is 0. The molecule has 0 unspecified atom stereocenters. The second kappa shape index (κ2) is 8.81. The zero-order valence-corrected chi connectivity index (χ0v) is 13.9. The summed E-state index contributed by atoms with van der Waals surface area (Å²) in [6.45, 7) is 0. The largest absolute Gasteiger partial charge is 0.511 e. The van der Waals surface area contributed by atoms with Gasteiger partial charge in [0.25, 0.3) is 0 Å². The highest BCUT2D eigenvalue weighted by Crippen LogP contribution is 2.44. The molecule has 0 bridgehead atoms. The van der Waals surface area contributed by atoms with Gasteiger partial charge in [-0.15, -0.1) is 0 Å². The SMILES string of the molecule is O=C(O)Oc1cccc(Oc2cccc(OC(=O)O)c2OC(=O)O)c1OC(=O)O. The first-order valence-corrected chi connectivity index (χ1v) is 7.24. The minimum absolute atomic E-state index is 0.422. The molecule has 0 radical (unpaired) electrons. The number of ether oxygens (including phenoxy) is 5. The Hall–Kier alpha value is -4.68. The molecule has 0 amide bonds. The van der Waals surface area contributed by atoms with Crippen LogP contribution in [0, 0.1) is 0 Å². The van der Waals surface area contributed by atoms with Crippen LogP contribution in [-0.2, 0) is 0 Å². The second-order valence-electron chi connectivity index (χ2n) is 4.74. The number of para-hydroxylation sites is 2. The van der Waals surface area contributed by atoms with E-state index < -0.39 is 59.1 Å². The van der Waals surface area contributed by atoms with Crippen LogP contribution in [0.2, 0.25) is 0 Å². The Morgan fingerprint density at radius 2 is 0.828 bits per heavy atom. The Balaban J connectivity index is 2.55. The topological polar surface area (TPSA) is 195 Å². The molecule has 2 aromatic carbocycles. The van der Waals surface area contributed by atoms with E-state index in [1.54, 1.807) is 0 Å². The number of carbonyl (C=O) groups is 4. The zero-order chi connectivity index (χ0) is 21.6. The van der Waals surface area contributed by atoms with Crippen molar-refractivity contribution >= 4 is 24.6 Å². The molecule has 13 heteroatoms. The van der Waals surface area contributed by atoms with E-state index in [1.807, 2.05) is 0 Å². The van der Waals surface area contributed by atoms with E-state index in [0.717, 1.165) is 24.3 Å². The van der Waals surface area contributed by atoms with Crippen molar-refractivity contribution in [2.24, 2.45) is 0 Å². The summed E-state index contributed by atoms with van der Waals surface area (Å²) in [5.74, 6) is -3.28. The second-order valence-corrected chi connectivity index (χ2v) is 4.74. The highest BCUT2D eigenvalue weighted by atomic mass is 16.7. The van der Waals surface area contributed by atoms with Crippen LogP contribution in [0.4, 0.5) is 19.2 Å². The maximum atomic E-state index is 10.9. The number of rotatable bonds is 6. The molecule has 13 nitrogen and oxygen atoms in total. The first kappa shape index (κ1) is 20.6. The molecular weight excluding hydrogens is 400 g/mol. The van der Waals surface area contributed by atoms with Crippen LogP contribution >= 0.6 is 0 Å². The van der Waals surface area contributed by atoms with Gasteiger partial charge in [-0.1, -0.05) is 12.1 Å². The lowest BCUT2D eigenvalue weighted by molar-refractivity contribution is 0.130. The number of hydrogen-bond donors (Lipinski definition) is 4. The van der Waals surface area contributed by atoms with Gasteiger partial charge in [-0.05, 0) is 24.3 Å². The highest BCUT2D eigenvalue weighted by Gasteiger charge is 2.23. The summed E-state index contributed by atoms with van der Waals surface area (Å²) in [7, 11) is 0. The van der Waals surface area contributed by atoms with Crippen molar-refractivity contribution in [3.8, 4) is 34.5 Å². The van der Waals surface area contributed by atoms with Crippen molar-refractivity contribution in [2.75, 3.05) is 0 Å². The van der Waals surface area contributed by atoms with Crippen LogP contribution in [0.15, 0.2) is 36.4 Å². The molecule has 0 saturated heterocycles. The van der Waals surface area contributed by atoms with Gasteiger partial charge in [-0.25, -0.2) is 19.2 Å². The standard InChI is InChI=1S/C16H10O13/c17-13(18)26-9-5-1-3-7(11(9)28-15(21)22)25-8-4-2-6-10(27-14(19)20)12(8)29-16(23)24/h1-6H,(H,17,18)(H,19,20)(H,21,22)(H,23,24). The van der Waals surface area contributed by atoms with E-state index in [2.05, 4.69) is 18.9 Å². The third-order valence-electron chi connectivity index (χ3n) is 2.88. The molecular formula is C16H10O13. The van der Waals surface area contributed by atoms with Crippen molar-refractivity contribution < 1.29 is 63.3 Å². The van der Waals surface area contributed by atoms with Crippen molar-refractivity contribution in [2.45, 2.75) is 0 Å². The van der Waals surface area contributed by atoms with Crippen molar-refractivity contribution in [3.63, 3.8) is 0 Å². The van der Waals surface area contributed by atoms with Gasteiger partial charge in [0.1, 0.15) is 0 Å². The quantitative estimate of drug-likeness (QED) is 0.397. The monoisotopic (exact) mass is 410 g/mol. The summed E-state index contributed by atoms with van der Waals surface area (Å²) >= 11 is 0. The van der Waals surface area contributed by atoms with Gasteiger partial charge in [0.05, 0.1) is 0 Å². The maximum absolute atomic E-state index is 10.9. The van der Waals surface area contributed by atoms with Gasteiger partial charge in [0.2, 0.25) is 11.5 Å². The summed E-state index contributed by atoms with van der Waals surface area (Å²) < 4.78 is 23.2. The van der Waals surface area contributed by atoms with Gasteiger partial charge in [0.15, 0.2) is 23.0 Å². The summed E-state index contributed by atoms with van der Waals surface area (Å²) in [6, 6.07) is 6.86. The molecule has 0 aliphatic rings. The van der Waals surface area contributed by atoms with Gasteiger partial charge in [0, 0.05) is 0 Å². The predicted molar refractivity (Wildman–Crippen MR) is 87.6 cm³/mol. The Morgan fingerprint density at radius 3 is 1.14 bits per heavy atom. The zero-order valence-electron chi connectivity index (χ0n) is 13.9. The molecule has 2 aromatic rings. The molecule has 0 fully saturated rings. The predicted octanol–water partition coefficient (Wildman–Crippen LogP) is 3.71. The molecule has 0 atom stereocenters. The smallest absolute Gasteiger partial charge is 0.449 e. The lowest BCUT2D eigenvalue weighted by Gasteiger charge is -2.15. The van der Waals surface area contributed by atoms with Crippen LogP contribution in [-0.4, -0.2) is 45.0 Å². The average molecular weight is 410 g/mol. The molecule has 152 valence electrons. The number of carboxylic acid groups (broad SMARTS) is 4. The summed E-state index contributed by atoms with van der Waals surface area (Å²) in [5, 5.41) is 35.2. The lowest BCUT2D eigenvalue weighted by Crippen LogP contribution is -2.10. The molecule has 0 heterocycles. The van der Waals surface area contributed by atoms with Gasteiger partial charge < -0.3 is 44.1 Å². The third-order valence-corrected chi connectivity index (χ3v) is 2.88. The maximum Gasteiger partial charge on any atom is 0.511 e. The van der Waals surface area contributed by atoms with E-state index in [0.29, 0.717) is 0 Å². The molecule has 29 heavy (non-hydrogen) atoms. The molecule has 0 aliphatic heterocycles. The highest BCUT2D eigenvalue weighted by molar-refractivity contribution is 5.72. The van der Waals surface area contributed by atoms with E-state index >= 15 is 0 Å². The van der Waals surface area contributed by atoms with Crippen LogP contribution in [0.1, 0.15) is 0 Å². The Kier molecular flexibility index (Phi) is 6.26. The van der Waals surface area contributed by atoms with E-state index in [9.17, 15) is 19.2 Å². The van der Waals surface area contributed by atoms with Crippen molar-refractivity contribution in [3.05, 3.63) is 36.4 Å². The van der Waals surface area contributed by atoms with Crippen LogP contribution in [0.5, 0.6) is 34.5 Å². The molecule has 0 saturated carbocycles. The summed E-state index contributed by atoms with van der Waals surface area (Å²) in [6.07, 6.45) is -7.21. The first-order valence-electron chi connectivity index (χ1n) is 7.24. The molecule has 0 spiro atoms. The lowest BCUT2D eigenvalue weighted by atomic mass is 10.2. The fourth-order valence-electron chi connectivity index (χ4n) is 2.00. The average Bonchev–Trinajstić information content (AvgIpc) is 2.58. The van der Waals surface area contributed by atoms with Gasteiger partial charge in [-0.2, -0.15) is 0 Å². The normalized spacial score (nSPS) is 9.79. The van der Waals surface area contributed by atoms with Gasteiger partial charge >= 0.3 is 24.6 Å². The Labute approximate surface area is 159 Å². The fourth-order valence-corrected chi connectivity index (χ4v) is 2.00. The van der Waals surface area contributed by atoms with Gasteiger partial charge in [-0.3, -0.25) is 0 Å². The molecule has 0 aromatic heterocycles. The van der Waals surface area contributed by atoms with E-state index in [4.69, 9.17) is 25.2 Å². The van der Waals surface area contributed by atoms with Crippen LogP contribution < -0.4 is 23.7 Å². The third kappa shape index (κ3) is 5.65. The number of hydrogen-bond acceptors (Lipinski definition) is 9. The molecule has 4 N–H and O–H groups in total. The van der Waals surface area contributed by atoms with Crippen LogP contribution in [0.25, 0.3) is 0 Å². The Morgan fingerprint density at radius 1 is 0.517 bits per heavy atom. The number of benzene rings is 2. The minimum Gasteiger partial charge on any atom is -0.449 e. The molecule has 2 rings (SSSR count). The van der Waals surface area contributed by atoms with E-state index in [1.165, 1.54) is 12.1 Å². The summed E-state index contributed by atoms with van der Waals surface area (Å²) in [4.78, 5) is 43.4. The molecule has 0 aliphatic carbocycles. The Bertz CT molecular complexity index is 888. The first-order chi connectivity index (χ1) is 13.7. The van der Waals surface area contributed by atoms with Crippen molar-refractivity contribution in [1.29, 1.82) is 0 Å². The minimum atomic E-state index is -1.83. The van der Waals surface area contributed by atoms with Crippen LogP contribution in [0.3, 0.4) is 0 Å².